The number of rotatable bonds is 1. The summed E-state index contributed by atoms with van der Waals surface area (Å²) >= 11 is 0. The second kappa shape index (κ2) is 4.66. The van der Waals surface area contributed by atoms with Gasteiger partial charge in [-0.05, 0) is 23.3 Å². The minimum absolute atomic E-state index is 0.00810. The van der Waals surface area contributed by atoms with Gasteiger partial charge in [0.1, 0.15) is 6.17 Å². The number of piperazine rings is 1. The number of amides is 2. The summed E-state index contributed by atoms with van der Waals surface area (Å²) in [6, 6.07) is 9.50. The molecule has 3 aliphatic rings. The van der Waals surface area contributed by atoms with E-state index in [1.54, 1.807) is 6.20 Å². The van der Waals surface area contributed by atoms with Crippen molar-refractivity contribution in [3.8, 4) is 0 Å². The van der Waals surface area contributed by atoms with Crippen LogP contribution in [0.5, 0.6) is 0 Å². The highest BCUT2D eigenvalue weighted by atomic mass is 16.4. The zero-order valence-corrected chi connectivity index (χ0v) is 14.0. The van der Waals surface area contributed by atoms with E-state index in [0.717, 1.165) is 26.6 Å². The van der Waals surface area contributed by atoms with Gasteiger partial charge in [-0.15, -0.1) is 0 Å². The van der Waals surface area contributed by atoms with Gasteiger partial charge in [-0.1, -0.05) is 18.2 Å². The molecule has 2 aromatic rings. The SMILES string of the molecule is CN1C(=O)[C@]2(O)C[C@]3(c4cc[nH]c4)c4ccccc4N[C@@H]3N2C(=O)[C@H]1O. The number of anilines is 1. The van der Waals surface area contributed by atoms with Crippen molar-refractivity contribution in [2.24, 2.45) is 0 Å². The summed E-state index contributed by atoms with van der Waals surface area (Å²) in [6.45, 7) is 0. The van der Waals surface area contributed by atoms with Gasteiger partial charge in [0, 0.05) is 31.5 Å². The normalized spacial score (nSPS) is 35.2. The average molecular weight is 354 g/mol. The molecule has 134 valence electrons. The molecule has 5 rings (SSSR count). The first-order chi connectivity index (χ1) is 12.4. The number of aromatic amines is 1. The Morgan fingerprint density at radius 2 is 2.00 bits per heavy atom. The molecule has 0 spiro atoms. The molecule has 8 nitrogen and oxygen atoms in total. The van der Waals surface area contributed by atoms with Crippen molar-refractivity contribution in [3.05, 3.63) is 53.9 Å². The van der Waals surface area contributed by atoms with Crippen molar-refractivity contribution in [2.75, 3.05) is 12.4 Å². The lowest BCUT2D eigenvalue weighted by Crippen LogP contribution is -2.70. The zero-order valence-electron chi connectivity index (χ0n) is 14.0. The quantitative estimate of drug-likeness (QED) is 0.565. The molecule has 0 saturated carbocycles. The number of nitrogens with one attached hydrogen (secondary N) is 2. The molecule has 0 aliphatic carbocycles. The molecule has 0 bridgehead atoms. The van der Waals surface area contributed by atoms with Gasteiger partial charge in [0.05, 0.1) is 5.41 Å². The molecule has 26 heavy (non-hydrogen) atoms. The number of carbonyl (C=O) groups is 2. The van der Waals surface area contributed by atoms with Crippen LogP contribution in [0.1, 0.15) is 17.5 Å². The van der Waals surface area contributed by atoms with Crippen molar-refractivity contribution in [1.82, 2.24) is 14.8 Å². The van der Waals surface area contributed by atoms with Crippen molar-refractivity contribution in [3.63, 3.8) is 0 Å². The van der Waals surface area contributed by atoms with Gasteiger partial charge in [-0.2, -0.15) is 0 Å². The van der Waals surface area contributed by atoms with Gasteiger partial charge >= 0.3 is 0 Å². The van der Waals surface area contributed by atoms with E-state index in [2.05, 4.69) is 10.3 Å². The monoisotopic (exact) mass is 354 g/mol. The fourth-order valence-electron chi connectivity index (χ4n) is 4.77. The number of fused-ring (bicyclic) bond motifs is 5. The van der Waals surface area contributed by atoms with Crippen molar-refractivity contribution in [1.29, 1.82) is 0 Å². The fourth-order valence-corrected chi connectivity index (χ4v) is 4.77. The smallest absolute Gasteiger partial charge is 0.278 e. The van der Waals surface area contributed by atoms with Gasteiger partial charge in [0.25, 0.3) is 11.8 Å². The topological polar surface area (TPSA) is 109 Å². The standard InChI is InChI=1S/C18H18N4O4/c1-21-13(23)14(24)22-15-17(10-6-7-19-8-10,9-18(22,26)16(21)25)11-4-2-3-5-12(11)20-15/h2-8,13,15,19-20,23,26H,9H2,1H3/t13-,15-,17+,18-/m1/s1. The lowest BCUT2D eigenvalue weighted by Gasteiger charge is -2.44. The molecular weight excluding hydrogens is 336 g/mol. The molecule has 3 aliphatic heterocycles. The lowest BCUT2D eigenvalue weighted by molar-refractivity contribution is -0.206. The molecule has 4 atom stereocenters. The zero-order chi connectivity index (χ0) is 18.3. The number of benzene rings is 1. The van der Waals surface area contributed by atoms with E-state index < -0.39 is 35.3 Å². The Morgan fingerprint density at radius 1 is 1.23 bits per heavy atom. The van der Waals surface area contributed by atoms with E-state index in [4.69, 9.17) is 0 Å². The molecule has 1 aromatic carbocycles. The number of aliphatic hydroxyl groups is 2. The number of hydrogen-bond acceptors (Lipinski definition) is 5. The van der Waals surface area contributed by atoms with Gasteiger partial charge < -0.3 is 25.4 Å². The van der Waals surface area contributed by atoms with Crippen LogP contribution in [0.25, 0.3) is 0 Å². The Morgan fingerprint density at radius 3 is 2.73 bits per heavy atom. The number of para-hydroxylation sites is 1. The predicted molar refractivity (Wildman–Crippen MR) is 90.6 cm³/mol. The second-order valence-electron chi connectivity index (χ2n) is 7.15. The molecule has 4 N–H and O–H groups in total. The summed E-state index contributed by atoms with van der Waals surface area (Å²) < 4.78 is 0. The van der Waals surface area contributed by atoms with Crippen LogP contribution in [-0.4, -0.2) is 62.0 Å². The first-order valence-corrected chi connectivity index (χ1v) is 8.41. The van der Waals surface area contributed by atoms with Gasteiger partial charge in [0.15, 0.2) is 0 Å². The summed E-state index contributed by atoms with van der Waals surface area (Å²) in [7, 11) is 1.32. The summed E-state index contributed by atoms with van der Waals surface area (Å²) in [4.78, 5) is 30.7. The molecule has 2 saturated heterocycles. The van der Waals surface area contributed by atoms with Crippen LogP contribution in [0.4, 0.5) is 5.69 Å². The second-order valence-corrected chi connectivity index (χ2v) is 7.15. The van der Waals surface area contributed by atoms with Gasteiger partial charge in [-0.3, -0.25) is 14.5 Å². The maximum absolute atomic E-state index is 12.8. The maximum atomic E-state index is 12.8. The van der Waals surface area contributed by atoms with E-state index in [9.17, 15) is 19.8 Å². The van der Waals surface area contributed by atoms with Crippen LogP contribution in [0.2, 0.25) is 0 Å². The summed E-state index contributed by atoms with van der Waals surface area (Å²) in [6.07, 6.45) is 1.30. The van der Waals surface area contributed by atoms with E-state index in [-0.39, 0.29) is 6.42 Å². The minimum Gasteiger partial charge on any atom is -0.367 e. The highest BCUT2D eigenvalue weighted by Gasteiger charge is 2.71. The van der Waals surface area contributed by atoms with E-state index in [1.165, 1.54) is 7.05 Å². The highest BCUT2D eigenvalue weighted by molar-refractivity contribution is 5.99. The van der Waals surface area contributed by atoms with E-state index >= 15 is 0 Å². The number of aromatic nitrogens is 1. The highest BCUT2D eigenvalue weighted by Crippen LogP contribution is 2.58. The lowest BCUT2D eigenvalue weighted by atomic mass is 9.73. The first kappa shape index (κ1) is 15.4. The Balaban J connectivity index is 1.78. The molecule has 4 heterocycles. The Kier molecular flexibility index (Phi) is 2.76. The maximum Gasteiger partial charge on any atom is 0.278 e. The van der Waals surface area contributed by atoms with Crippen LogP contribution in [-0.2, 0) is 15.0 Å². The van der Waals surface area contributed by atoms with E-state index in [0.29, 0.717) is 0 Å². The van der Waals surface area contributed by atoms with Crippen molar-refractivity contribution < 1.29 is 19.8 Å². The number of hydrogen-bond donors (Lipinski definition) is 4. The summed E-state index contributed by atoms with van der Waals surface area (Å²) in [5, 5.41) is 24.8. The van der Waals surface area contributed by atoms with Crippen LogP contribution in [0.15, 0.2) is 42.7 Å². The predicted octanol–water partition coefficient (Wildman–Crippen LogP) is -0.236. The Labute approximate surface area is 149 Å². The third kappa shape index (κ3) is 1.52. The van der Waals surface area contributed by atoms with Crippen molar-refractivity contribution >= 4 is 17.5 Å². The molecule has 8 heteroatoms. The number of aliphatic hydroxyl groups excluding tert-OH is 1. The summed E-state index contributed by atoms with van der Waals surface area (Å²) in [5.41, 5.74) is -0.213. The van der Waals surface area contributed by atoms with E-state index in [1.807, 2.05) is 36.5 Å². The molecule has 2 fully saturated rings. The summed E-state index contributed by atoms with van der Waals surface area (Å²) in [5.74, 6) is -1.38. The molecule has 0 unspecified atom stereocenters. The largest absolute Gasteiger partial charge is 0.367 e. The Bertz CT molecular complexity index is 929. The van der Waals surface area contributed by atoms with Crippen molar-refractivity contribution in [2.45, 2.75) is 30.0 Å². The molecular formula is C18H18N4O4. The number of likely N-dealkylation sites (N-methyl/N-ethyl adjacent to an activating group) is 1. The number of carbonyl (C=O) groups excluding carboxylic acids is 2. The van der Waals surface area contributed by atoms with Crippen LogP contribution in [0, 0.1) is 0 Å². The molecule has 0 radical (unpaired) electrons. The number of H-pyrrole nitrogens is 1. The molecule has 1 aromatic heterocycles. The third-order valence-corrected chi connectivity index (χ3v) is 5.95. The Hall–Kier alpha value is -2.84. The average Bonchev–Trinajstić information content (AvgIpc) is 3.31. The van der Waals surface area contributed by atoms with Crippen LogP contribution < -0.4 is 5.32 Å². The molecule has 2 amide bonds. The van der Waals surface area contributed by atoms with Crippen LogP contribution >= 0.6 is 0 Å². The fraction of sp³-hybridized carbons (Fsp3) is 0.333. The first-order valence-electron chi connectivity index (χ1n) is 8.41. The van der Waals surface area contributed by atoms with Gasteiger partial charge in [-0.25, -0.2) is 0 Å². The third-order valence-electron chi connectivity index (χ3n) is 5.95. The minimum atomic E-state index is -2.02. The van der Waals surface area contributed by atoms with Gasteiger partial charge in [0.2, 0.25) is 12.0 Å². The number of nitrogens with zero attached hydrogens (tertiary/aromatic N) is 2. The van der Waals surface area contributed by atoms with Crippen LogP contribution in [0.3, 0.4) is 0 Å².